The minimum atomic E-state index is 0. The predicted octanol–water partition coefficient (Wildman–Crippen LogP) is 4.97. The summed E-state index contributed by atoms with van der Waals surface area (Å²) in [6.07, 6.45) is 1.01. The van der Waals surface area contributed by atoms with Crippen LogP contribution in [-0.4, -0.2) is 62.1 Å². The molecular formula is C21H27Cl3N4O. The van der Waals surface area contributed by atoms with E-state index >= 15 is 0 Å². The Hall–Kier alpha value is -1.50. The molecule has 0 aromatic heterocycles. The van der Waals surface area contributed by atoms with E-state index in [1.807, 2.05) is 36.4 Å². The molecule has 0 bridgehead atoms. The molecule has 0 spiro atoms. The monoisotopic (exact) mass is 456 g/mol. The number of benzene rings is 2. The lowest BCUT2D eigenvalue weighted by atomic mass is 10.1. The van der Waals surface area contributed by atoms with Crippen LogP contribution in [0, 0.1) is 0 Å². The largest absolute Gasteiger partial charge is 0.385 e. The van der Waals surface area contributed by atoms with Gasteiger partial charge in [-0.3, -0.25) is 4.90 Å². The van der Waals surface area contributed by atoms with Crippen LogP contribution >= 0.6 is 36.4 Å². The number of fused-ring (bicyclic) bond motifs is 2. The number of hydrogen-bond acceptors (Lipinski definition) is 5. The summed E-state index contributed by atoms with van der Waals surface area (Å²) >= 11 is 6.34. The van der Waals surface area contributed by atoms with Crippen molar-refractivity contribution < 1.29 is 4.74 Å². The summed E-state index contributed by atoms with van der Waals surface area (Å²) in [7, 11) is 3.95. The highest BCUT2D eigenvalue weighted by atomic mass is 35.5. The highest BCUT2D eigenvalue weighted by molar-refractivity contribution is 6.31. The van der Waals surface area contributed by atoms with E-state index in [1.165, 1.54) is 0 Å². The molecule has 1 atom stereocenters. The number of methoxy groups -OCH3 is 1. The molecule has 1 unspecified atom stereocenters. The zero-order valence-corrected chi connectivity index (χ0v) is 19.0. The Balaban J connectivity index is 0.00000150. The Bertz CT molecular complexity index is 862. The van der Waals surface area contributed by atoms with Gasteiger partial charge in [0.2, 0.25) is 0 Å². The highest BCUT2D eigenvalue weighted by Gasteiger charge is 2.29. The summed E-state index contributed by atoms with van der Waals surface area (Å²) in [5, 5.41) is 4.24. The molecule has 2 aromatic rings. The Morgan fingerprint density at radius 1 is 1.14 bits per heavy atom. The zero-order chi connectivity index (χ0) is 18.8. The number of aliphatic imine (C=N–C) groups is 1. The van der Waals surface area contributed by atoms with Crippen molar-refractivity contribution in [3.05, 3.63) is 53.1 Å². The molecule has 1 saturated heterocycles. The van der Waals surface area contributed by atoms with Crippen molar-refractivity contribution in [3.63, 3.8) is 0 Å². The average molecular weight is 458 g/mol. The molecule has 2 aliphatic rings. The second-order valence-corrected chi connectivity index (χ2v) is 7.57. The molecule has 8 heteroatoms. The molecule has 29 heavy (non-hydrogen) atoms. The Kier molecular flexibility index (Phi) is 8.61. The van der Waals surface area contributed by atoms with Gasteiger partial charge in [-0.2, -0.15) is 0 Å². The molecule has 0 amide bonds. The van der Waals surface area contributed by atoms with Gasteiger partial charge in [-0.05, 0) is 43.8 Å². The number of hydrogen-bond donors (Lipinski definition) is 1. The first-order valence-electron chi connectivity index (χ1n) is 9.34. The first-order valence-corrected chi connectivity index (χ1v) is 9.72. The van der Waals surface area contributed by atoms with Gasteiger partial charge in [0.25, 0.3) is 0 Å². The van der Waals surface area contributed by atoms with Crippen LogP contribution in [0.15, 0.2) is 47.5 Å². The van der Waals surface area contributed by atoms with Crippen molar-refractivity contribution in [1.29, 1.82) is 0 Å². The van der Waals surface area contributed by atoms with Gasteiger partial charge in [-0.15, -0.1) is 24.8 Å². The van der Waals surface area contributed by atoms with Gasteiger partial charge in [-0.1, -0.05) is 23.7 Å². The lowest BCUT2D eigenvalue weighted by Gasteiger charge is -2.41. The molecule has 1 fully saturated rings. The van der Waals surface area contributed by atoms with Crippen molar-refractivity contribution in [2.24, 2.45) is 4.99 Å². The zero-order valence-electron chi connectivity index (χ0n) is 16.6. The van der Waals surface area contributed by atoms with E-state index in [2.05, 4.69) is 28.2 Å². The fourth-order valence-electron chi connectivity index (χ4n) is 3.75. The summed E-state index contributed by atoms with van der Waals surface area (Å²) in [5.74, 6) is 0.987. The fraction of sp³-hybridized carbons (Fsp3) is 0.381. The van der Waals surface area contributed by atoms with Gasteiger partial charge in [0.05, 0.1) is 11.4 Å². The SMILES string of the molecule is COCCC1CN(C2=Nc3ccccc3Nc3ccc(Cl)cc32)CCN1C.Cl.Cl. The number of piperazine rings is 1. The quantitative estimate of drug-likeness (QED) is 0.706. The molecular weight excluding hydrogens is 431 g/mol. The number of halogens is 3. The van der Waals surface area contributed by atoms with Crippen LogP contribution in [0.5, 0.6) is 0 Å². The standard InChI is InChI=1S/C21H25ClN4O.2ClH/c1-25-10-11-26(14-16(25)9-12-27-2)21-17-13-15(22)7-8-18(17)23-19-5-3-4-6-20(19)24-21;;/h3-8,13,16,23H,9-12,14H2,1-2H3;2*1H. The minimum Gasteiger partial charge on any atom is -0.385 e. The normalized spacial score (nSPS) is 18.2. The molecule has 2 aromatic carbocycles. The van der Waals surface area contributed by atoms with Gasteiger partial charge in [-0.25, -0.2) is 4.99 Å². The summed E-state index contributed by atoms with van der Waals surface area (Å²) in [6, 6.07) is 14.6. The van der Waals surface area contributed by atoms with Crippen LogP contribution in [0.1, 0.15) is 12.0 Å². The number of para-hydroxylation sites is 2. The van der Waals surface area contributed by atoms with Gasteiger partial charge < -0.3 is 15.0 Å². The molecule has 0 saturated carbocycles. The summed E-state index contributed by atoms with van der Waals surface area (Å²) < 4.78 is 5.31. The number of amidine groups is 1. The Morgan fingerprint density at radius 3 is 2.72 bits per heavy atom. The van der Waals surface area contributed by atoms with Gasteiger partial charge >= 0.3 is 0 Å². The van der Waals surface area contributed by atoms with Gasteiger partial charge in [0, 0.05) is 55.7 Å². The van der Waals surface area contributed by atoms with E-state index in [0.29, 0.717) is 6.04 Å². The Morgan fingerprint density at radius 2 is 1.93 bits per heavy atom. The Labute approximate surface area is 189 Å². The maximum Gasteiger partial charge on any atom is 0.138 e. The smallest absolute Gasteiger partial charge is 0.138 e. The number of rotatable bonds is 3. The van der Waals surface area contributed by atoms with Gasteiger partial charge in [0.15, 0.2) is 0 Å². The molecule has 0 radical (unpaired) electrons. The number of ether oxygens (including phenoxy) is 1. The minimum absolute atomic E-state index is 0. The van der Waals surface area contributed by atoms with Crippen LogP contribution in [0.3, 0.4) is 0 Å². The molecule has 158 valence electrons. The lowest BCUT2D eigenvalue weighted by Crippen LogP contribution is -2.53. The topological polar surface area (TPSA) is 40.1 Å². The third-order valence-corrected chi connectivity index (χ3v) is 5.59. The molecule has 2 aliphatic heterocycles. The van der Waals surface area contributed by atoms with Crippen molar-refractivity contribution in [2.45, 2.75) is 12.5 Å². The first-order chi connectivity index (χ1) is 13.2. The molecule has 1 N–H and O–H groups in total. The van der Waals surface area contributed by atoms with Crippen LogP contribution in [0.4, 0.5) is 17.1 Å². The summed E-state index contributed by atoms with van der Waals surface area (Å²) in [5.41, 5.74) is 4.05. The second-order valence-electron chi connectivity index (χ2n) is 7.13. The molecule has 4 rings (SSSR count). The number of nitrogens with one attached hydrogen (secondary N) is 1. The van der Waals surface area contributed by atoms with Crippen molar-refractivity contribution in [1.82, 2.24) is 9.80 Å². The molecule has 2 heterocycles. The van der Waals surface area contributed by atoms with E-state index in [9.17, 15) is 0 Å². The van der Waals surface area contributed by atoms with Gasteiger partial charge in [0.1, 0.15) is 5.84 Å². The third kappa shape index (κ3) is 5.16. The van der Waals surface area contributed by atoms with Crippen LogP contribution in [-0.2, 0) is 4.74 Å². The number of likely N-dealkylation sites (N-methyl/N-ethyl adjacent to an activating group) is 1. The predicted molar refractivity (Wildman–Crippen MR) is 126 cm³/mol. The van der Waals surface area contributed by atoms with E-state index in [0.717, 1.165) is 66.1 Å². The van der Waals surface area contributed by atoms with Crippen LogP contribution in [0.25, 0.3) is 0 Å². The van der Waals surface area contributed by atoms with E-state index in [-0.39, 0.29) is 24.8 Å². The number of nitrogens with zero attached hydrogens (tertiary/aromatic N) is 3. The second kappa shape index (κ2) is 10.5. The van der Waals surface area contributed by atoms with Crippen LogP contribution in [0.2, 0.25) is 5.02 Å². The molecule has 5 nitrogen and oxygen atoms in total. The van der Waals surface area contributed by atoms with Crippen molar-refractivity contribution in [2.75, 3.05) is 45.7 Å². The van der Waals surface area contributed by atoms with Crippen molar-refractivity contribution in [3.8, 4) is 0 Å². The van der Waals surface area contributed by atoms with E-state index < -0.39 is 0 Å². The number of anilines is 2. The fourth-order valence-corrected chi connectivity index (χ4v) is 3.92. The summed E-state index contributed by atoms with van der Waals surface area (Å²) in [6.45, 7) is 3.63. The van der Waals surface area contributed by atoms with E-state index in [4.69, 9.17) is 21.3 Å². The highest BCUT2D eigenvalue weighted by Crippen LogP contribution is 2.36. The summed E-state index contributed by atoms with van der Waals surface area (Å²) in [4.78, 5) is 9.86. The lowest BCUT2D eigenvalue weighted by molar-refractivity contribution is 0.100. The third-order valence-electron chi connectivity index (χ3n) is 5.35. The molecule has 0 aliphatic carbocycles. The van der Waals surface area contributed by atoms with E-state index in [1.54, 1.807) is 7.11 Å². The van der Waals surface area contributed by atoms with Crippen molar-refractivity contribution >= 4 is 59.3 Å². The maximum absolute atomic E-state index is 6.34. The first kappa shape index (κ1) is 23.8. The average Bonchev–Trinajstić information content (AvgIpc) is 2.84. The van der Waals surface area contributed by atoms with Crippen LogP contribution < -0.4 is 5.32 Å². The maximum atomic E-state index is 6.34.